The van der Waals surface area contributed by atoms with E-state index in [1.807, 2.05) is 35.1 Å². The highest BCUT2D eigenvalue weighted by Crippen LogP contribution is 2.30. The van der Waals surface area contributed by atoms with Crippen LogP contribution >= 0.6 is 38.6 Å². The summed E-state index contributed by atoms with van der Waals surface area (Å²) < 4.78 is 27.4. The van der Waals surface area contributed by atoms with Gasteiger partial charge in [0.1, 0.15) is 4.21 Å². The molecule has 0 radical (unpaired) electrons. The molecule has 0 bridgehead atoms. The van der Waals surface area contributed by atoms with Crippen LogP contribution in [0, 0.1) is 0 Å². The van der Waals surface area contributed by atoms with Gasteiger partial charge in [-0.05, 0) is 33.6 Å². The first-order valence-corrected chi connectivity index (χ1v) is 10.5. The van der Waals surface area contributed by atoms with Gasteiger partial charge in [-0.25, -0.2) is 22.9 Å². The average molecular weight is 444 g/mol. The standard InChI is InChI=1S/C14H10BrN3O3S3/c15-11-8-16-14(23-11)17-13(19)18-24(20,21)12-7-6-10(22-12)9-4-2-1-3-5-9/h1-8H,(H2,16,17,18,19). The molecule has 10 heteroatoms. The quantitative estimate of drug-likeness (QED) is 0.633. The maximum atomic E-state index is 12.3. The fourth-order valence-corrected chi connectivity index (χ4v) is 5.15. The minimum Gasteiger partial charge on any atom is -0.283 e. The highest BCUT2D eigenvalue weighted by atomic mass is 79.9. The highest BCUT2D eigenvalue weighted by Gasteiger charge is 2.20. The van der Waals surface area contributed by atoms with Gasteiger partial charge in [0, 0.05) is 4.88 Å². The smallest absolute Gasteiger partial charge is 0.283 e. The van der Waals surface area contributed by atoms with Crippen molar-refractivity contribution in [2.75, 3.05) is 5.32 Å². The van der Waals surface area contributed by atoms with Gasteiger partial charge in [-0.3, -0.25) is 5.32 Å². The monoisotopic (exact) mass is 443 g/mol. The number of nitrogens with zero attached hydrogens (tertiary/aromatic N) is 1. The van der Waals surface area contributed by atoms with E-state index in [2.05, 4.69) is 26.2 Å². The van der Waals surface area contributed by atoms with E-state index in [9.17, 15) is 13.2 Å². The molecule has 0 fully saturated rings. The number of urea groups is 1. The van der Waals surface area contributed by atoms with Gasteiger partial charge < -0.3 is 0 Å². The van der Waals surface area contributed by atoms with E-state index in [0.29, 0.717) is 5.13 Å². The van der Waals surface area contributed by atoms with E-state index in [1.165, 1.54) is 23.6 Å². The number of thiophene rings is 1. The van der Waals surface area contributed by atoms with Gasteiger partial charge >= 0.3 is 6.03 Å². The largest absolute Gasteiger partial charge is 0.334 e. The molecule has 0 spiro atoms. The van der Waals surface area contributed by atoms with E-state index in [0.717, 1.165) is 25.6 Å². The number of aromatic nitrogens is 1. The zero-order chi connectivity index (χ0) is 17.2. The van der Waals surface area contributed by atoms with E-state index in [4.69, 9.17) is 0 Å². The van der Waals surface area contributed by atoms with Crippen molar-refractivity contribution in [2.45, 2.75) is 4.21 Å². The number of halogens is 1. The molecule has 124 valence electrons. The van der Waals surface area contributed by atoms with Gasteiger partial charge in [0.15, 0.2) is 5.13 Å². The topological polar surface area (TPSA) is 88.2 Å². The third-order valence-electron chi connectivity index (χ3n) is 2.83. The highest BCUT2D eigenvalue weighted by molar-refractivity contribution is 9.11. The predicted molar refractivity (Wildman–Crippen MR) is 98.9 cm³/mol. The maximum absolute atomic E-state index is 12.3. The summed E-state index contributed by atoms with van der Waals surface area (Å²) in [7, 11) is -3.94. The third-order valence-corrected chi connectivity index (χ3v) is 7.18. The number of benzene rings is 1. The second kappa shape index (κ2) is 7.01. The molecule has 2 N–H and O–H groups in total. The first kappa shape index (κ1) is 17.1. The number of nitrogens with one attached hydrogen (secondary N) is 2. The van der Waals surface area contributed by atoms with Crippen LogP contribution in [0.2, 0.25) is 0 Å². The number of rotatable bonds is 4. The molecule has 3 rings (SSSR count). The summed E-state index contributed by atoms with van der Waals surface area (Å²) in [6.07, 6.45) is 1.51. The fraction of sp³-hybridized carbons (Fsp3) is 0. The molecule has 2 aromatic heterocycles. The van der Waals surface area contributed by atoms with E-state index < -0.39 is 16.1 Å². The summed E-state index contributed by atoms with van der Waals surface area (Å²) in [6, 6.07) is 11.8. The average Bonchev–Trinajstić information content (AvgIpc) is 3.17. The Morgan fingerprint density at radius 1 is 1.08 bits per heavy atom. The van der Waals surface area contributed by atoms with Crippen molar-refractivity contribution in [2.24, 2.45) is 0 Å². The van der Waals surface area contributed by atoms with Crippen LogP contribution in [0.3, 0.4) is 0 Å². The molecular formula is C14H10BrN3O3S3. The Morgan fingerprint density at radius 2 is 1.83 bits per heavy atom. The maximum Gasteiger partial charge on any atom is 0.334 e. The molecule has 0 aliphatic rings. The normalized spacial score (nSPS) is 11.2. The first-order chi connectivity index (χ1) is 11.4. The molecule has 2 heterocycles. The lowest BCUT2D eigenvalue weighted by molar-refractivity contribution is 0.256. The Bertz CT molecular complexity index is 967. The lowest BCUT2D eigenvalue weighted by atomic mass is 10.2. The van der Waals surface area contributed by atoms with Crippen molar-refractivity contribution < 1.29 is 13.2 Å². The lowest BCUT2D eigenvalue weighted by Gasteiger charge is -2.04. The molecule has 0 atom stereocenters. The van der Waals surface area contributed by atoms with Crippen molar-refractivity contribution in [1.29, 1.82) is 0 Å². The second-order valence-corrected chi connectivity index (χ2v) is 9.92. The number of thiazole rings is 1. The van der Waals surface area contributed by atoms with Crippen molar-refractivity contribution in [3.63, 3.8) is 0 Å². The van der Waals surface area contributed by atoms with Gasteiger partial charge in [0.2, 0.25) is 0 Å². The second-order valence-electron chi connectivity index (χ2n) is 4.51. The molecule has 0 saturated heterocycles. The van der Waals surface area contributed by atoms with Crippen LogP contribution in [0.15, 0.2) is 56.7 Å². The summed E-state index contributed by atoms with van der Waals surface area (Å²) in [5, 5.41) is 2.68. The van der Waals surface area contributed by atoms with Crippen LogP contribution in [0.1, 0.15) is 0 Å². The van der Waals surface area contributed by atoms with Crippen LogP contribution in [0.5, 0.6) is 0 Å². The van der Waals surface area contributed by atoms with Gasteiger partial charge in [-0.2, -0.15) is 0 Å². The molecule has 3 aromatic rings. The number of amides is 2. The Hall–Kier alpha value is -1.75. The van der Waals surface area contributed by atoms with Gasteiger partial charge in [0.25, 0.3) is 10.0 Å². The summed E-state index contributed by atoms with van der Waals surface area (Å²) >= 11 is 5.49. The predicted octanol–water partition coefficient (Wildman–Crippen LogP) is 4.14. The van der Waals surface area contributed by atoms with Crippen molar-refractivity contribution in [3.8, 4) is 10.4 Å². The Balaban J connectivity index is 1.73. The summed E-state index contributed by atoms with van der Waals surface area (Å²) in [6.45, 7) is 0. The number of hydrogen-bond acceptors (Lipinski definition) is 6. The molecule has 6 nitrogen and oxygen atoms in total. The Morgan fingerprint density at radius 3 is 2.50 bits per heavy atom. The fourth-order valence-electron chi connectivity index (χ4n) is 1.83. The van der Waals surface area contributed by atoms with Crippen LogP contribution in [-0.2, 0) is 10.0 Å². The summed E-state index contributed by atoms with van der Waals surface area (Å²) in [5.41, 5.74) is 0.918. The first-order valence-electron chi connectivity index (χ1n) is 6.54. The molecular weight excluding hydrogens is 434 g/mol. The van der Waals surface area contributed by atoms with Crippen LogP contribution in [0.4, 0.5) is 9.93 Å². The van der Waals surface area contributed by atoms with Crippen LogP contribution in [0.25, 0.3) is 10.4 Å². The molecule has 0 saturated carbocycles. The summed E-state index contributed by atoms with van der Waals surface area (Å²) in [5.74, 6) is 0. The zero-order valence-corrected chi connectivity index (χ0v) is 15.9. The Kier molecular flexibility index (Phi) is 4.99. The van der Waals surface area contributed by atoms with Crippen molar-refractivity contribution >= 4 is 59.8 Å². The molecule has 0 unspecified atom stereocenters. The molecule has 2 amide bonds. The number of anilines is 1. The van der Waals surface area contributed by atoms with Crippen LogP contribution in [-0.4, -0.2) is 19.4 Å². The third kappa shape index (κ3) is 4.01. The molecule has 0 aliphatic carbocycles. The van der Waals surface area contributed by atoms with Gasteiger partial charge in [-0.1, -0.05) is 41.7 Å². The number of carbonyl (C=O) groups is 1. The van der Waals surface area contributed by atoms with Crippen molar-refractivity contribution in [3.05, 3.63) is 52.4 Å². The Labute approximate surface area is 154 Å². The van der Waals surface area contributed by atoms with Crippen LogP contribution < -0.4 is 10.0 Å². The minimum absolute atomic E-state index is 0.0665. The number of hydrogen-bond donors (Lipinski definition) is 2. The van der Waals surface area contributed by atoms with E-state index in [-0.39, 0.29) is 4.21 Å². The van der Waals surface area contributed by atoms with E-state index >= 15 is 0 Å². The zero-order valence-electron chi connectivity index (χ0n) is 11.9. The molecule has 1 aromatic carbocycles. The molecule has 24 heavy (non-hydrogen) atoms. The van der Waals surface area contributed by atoms with Crippen molar-refractivity contribution in [1.82, 2.24) is 9.71 Å². The minimum atomic E-state index is -3.94. The lowest BCUT2D eigenvalue weighted by Crippen LogP contribution is -2.33. The molecule has 0 aliphatic heterocycles. The summed E-state index contributed by atoms with van der Waals surface area (Å²) in [4.78, 5) is 16.6. The van der Waals surface area contributed by atoms with Gasteiger partial charge in [0.05, 0.1) is 9.98 Å². The van der Waals surface area contributed by atoms with Gasteiger partial charge in [-0.15, -0.1) is 11.3 Å². The van der Waals surface area contributed by atoms with E-state index in [1.54, 1.807) is 6.07 Å². The SMILES string of the molecule is O=C(Nc1ncc(Br)s1)NS(=O)(=O)c1ccc(-c2ccccc2)s1. The number of carbonyl (C=O) groups excluding carboxylic acids is 1. The number of sulfonamides is 1.